The van der Waals surface area contributed by atoms with Crippen LogP contribution >= 0.6 is 0 Å². The largest absolute Gasteiger partial charge is 0.439 e. The lowest BCUT2D eigenvalue weighted by Gasteiger charge is -2.22. The van der Waals surface area contributed by atoms with Crippen molar-refractivity contribution in [2.24, 2.45) is 0 Å². The predicted molar refractivity (Wildman–Crippen MR) is 108 cm³/mol. The molecule has 0 spiro atoms. The number of ether oxygens (including phenoxy) is 1. The maximum absolute atomic E-state index is 13.4. The number of amides is 1. The first-order valence-electron chi connectivity index (χ1n) is 9.85. The number of benzene rings is 2. The molecular weight excluding hydrogens is 369 g/mol. The van der Waals surface area contributed by atoms with Crippen LogP contribution in [0.5, 0.6) is 11.6 Å². The molecule has 5 nitrogen and oxygen atoms in total. The van der Waals surface area contributed by atoms with Crippen molar-refractivity contribution in [1.82, 2.24) is 15.3 Å². The first-order chi connectivity index (χ1) is 14.2. The minimum absolute atomic E-state index is 0.0566. The number of nitrogens with zero attached hydrogens (tertiary/aromatic N) is 2. The van der Waals surface area contributed by atoms with Crippen LogP contribution < -0.4 is 10.1 Å². The Kier molecular flexibility index (Phi) is 5.79. The van der Waals surface area contributed by atoms with E-state index in [4.69, 9.17) is 4.74 Å². The molecule has 0 atom stereocenters. The number of aromatic nitrogens is 2. The molecule has 1 saturated carbocycles. The number of halogens is 1. The van der Waals surface area contributed by atoms with Gasteiger partial charge in [0.1, 0.15) is 11.6 Å². The zero-order valence-corrected chi connectivity index (χ0v) is 16.0. The van der Waals surface area contributed by atoms with Gasteiger partial charge in [-0.15, -0.1) is 0 Å². The van der Waals surface area contributed by atoms with E-state index in [1.807, 2.05) is 0 Å². The quantitative estimate of drug-likeness (QED) is 0.654. The van der Waals surface area contributed by atoms with Crippen molar-refractivity contribution >= 4 is 5.91 Å². The molecule has 1 aliphatic rings. The third kappa shape index (κ3) is 4.96. The molecule has 0 radical (unpaired) electrons. The van der Waals surface area contributed by atoms with Gasteiger partial charge in [-0.05, 0) is 49.2 Å². The Bertz CT molecular complexity index is 985. The van der Waals surface area contributed by atoms with Gasteiger partial charge in [0.2, 0.25) is 5.88 Å². The summed E-state index contributed by atoms with van der Waals surface area (Å²) in [7, 11) is 0. The average molecular weight is 391 g/mol. The van der Waals surface area contributed by atoms with Crippen LogP contribution in [0.15, 0.2) is 60.8 Å². The minimum atomic E-state index is -0.348. The summed E-state index contributed by atoms with van der Waals surface area (Å²) >= 11 is 0. The monoisotopic (exact) mass is 391 g/mol. The molecule has 1 amide bonds. The number of carbonyl (C=O) groups is 1. The molecule has 1 N–H and O–H groups in total. The zero-order valence-electron chi connectivity index (χ0n) is 16.0. The van der Waals surface area contributed by atoms with Gasteiger partial charge in [0.25, 0.3) is 5.91 Å². The lowest BCUT2D eigenvalue weighted by molar-refractivity contribution is 0.0927. The van der Waals surface area contributed by atoms with Crippen LogP contribution in [0.3, 0.4) is 0 Å². The molecule has 0 unspecified atom stereocenters. The van der Waals surface area contributed by atoms with Gasteiger partial charge in [0, 0.05) is 29.4 Å². The molecule has 1 aromatic heterocycles. The lowest BCUT2D eigenvalue weighted by atomic mass is 9.95. The second kappa shape index (κ2) is 8.82. The number of hydrogen-bond acceptors (Lipinski definition) is 4. The summed E-state index contributed by atoms with van der Waals surface area (Å²) in [4.78, 5) is 20.9. The van der Waals surface area contributed by atoms with Crippen molar-refractivity contribution < 1.29 is 13.9 Å². The number of rotatable bonds is 5. The van der Waals surface area contributed by atoms with Crippen LogP contribution in [0.25, 0.3) is 11.4 Å². The smallest absolute Gasteiger partial charge is 0.251 e. The average Bonchev–Trinajstić information content (AvgIpc) is 2.75. The molecule has 148 valence electrons. The Balaban J connectivity index is 1.42. The molecule has 4 rings (SSSR count). The summed E-state index contributed by atoms with van der Waals surface area (Å²) in [5, 5.41) is 3.10. The van der Waals surface area contributed by atoms with E-state index in [2.05, 4.69) is 15.3 Å². The van der Waals surface area contributed by atoms with E-state index in [1.54, 1.807) is 48.7 Å². The third-order valence-electron chi connectivity index (χ3n) is 4.99. The van der Waals surface area contributed by atoms with Crippen LogP contribution in [0.1, 0.15) is 42.5 Å². The van der Waals surface area contributed by atoms with Crippen molar-refractivity contribution in [2.45, 2.75) is 38.1 Å². The SMILES string of the molecule is O=C(NC1CCCCC1)c1ccc(Oc2ccnc(-c3cccc(F)c3)n2)cc1. The Morgan fingerprint density at radius 1 is 1.03 bits per heavy atom. The fourth-order valence-corrected chi connectivity index (χ4v) is 3.48. The molecule has 1 aliphatic carbocycles. The molecular formula is C23H22FN3O2. The summed E-state index contributed by atoms with van der Waals surface area (Å²) in [5.74, 6) is 0.880. The highest BCUT2D eigenvalue weighted by Crippen LogP contribution is 2.23. The van der Waals surface area contributed by atoms with Crippen LogP contribution in [0.2, 0.25) is 0 Å². The first kappa shape index (κ1) is 19.1. The summed E-state index contributed by atoms with van der Waals surface area (Å²) in [5.41, 5.74) is 1.18. The van der Waals surface area contributed by atoms with Crippen molar-refractivity contribution in [1.29, 1.82) is 0 Å². The predicted octanol–water partition coefficient (Wildman–Crippen LogP) is 5.14. The van der Waals surface area contributed by atoms with Gasteiger partial charge in [-0.3, -0.25) is 4.79 Å². The van der Waals surface area contributed by atoms with Gasteiger partial charge in [0.05, 0.1) is 0 Å². The van der Waals surface area contributed by atoms with E-state index in [1.165, 1.54) is 31.4 Å². The van der Waals surface area contributed by atoms with Gasteiger partial charge >= 0.3 is 0 Å². The van der Waals surface area contributed by atoms with Crippen molar-refractivity contribution in [3.8, 4) is 23.0 Å². The van der Waals surface area contributed by atoms with Gasteiger partial charge in [-0.2, -0.15) is 4.98 Å². The van der Waals surface area contributed by atoms with Crippen LogP contribution in [0, 0.1) is 5.82 Å². The van der Waals surface area contributed by atoms with Crippen LogP contribution in [0.4, 0.5) is 4.39 Å². The van der Waals surface area contributed by atoms with Crippen molar-refractivity contribution in [3.05, 3.63) is 72.2 Å². The maximum Gasteiger partial charge on any atom is 0.251 e. The van der Waals surface area contributed by atoms with E-state index in [-0.39, 0.29) is 17.8 Å². The molecule has 3 aromatic rings. The fourth-order valence-electron chi connectivity index (χ4n) is 3.48. The molecule has 6 heteroatoms. The molecule has 1 heterocycles. The highest BCUT2D eigenvalue weighted by atomic mass is 19.1. The Morgan fingerprint density at radius 3 is 2.59 bits per heavy atom. The van der Waals surface area contributed by atoms with Gasteiger partial charge in [-0.25, -0.2) is 9.37 Å². The molecule has 0 saturated heterocycles. The van der Waals surface area contributed by atoms with Gasteiger partial charge in [0.15, 0.2) is 5.82 Å². The highest BCUT2D eigenvalue weighted by Gasteiger charge is 2.16. The van der Waals surface area contributed by atoms with Crippen LogP contribution in [-0.2, 0) is 0 Å². The summed E-state index contributed by atoms with van der Waals surface area (Å²) in [6.45, 7) is 0. The second-order valence-corrected chi connectivity index (χ2v) is 7.16. The summed E-state index contributed by atoms with van der Waals surface area (Å²) in [6.07, 6.45) is 7.27. The van der Waals surface area contributed by atoms with E-state index < -0.39 is 0 Å². The first-order valence-corrected chi connectivity index (χ1v) is 9.85. The molecule has 0 bridgehead atoms. The Morgan fingerprint density at radius 2 is 1.83 bits per heavy atom. The molecule has 2 aromatic carbocycles. The number of nitrogens with one attached hydrogen (secondary N) is 1. The topological polar surface area (TPSA) is 64.1 Å². The summed E-state index contributed by atoms with van der Waals surface area (Å²) < 4.78 is 19.2. The third-order valence-corrected chi connectivity index (χ3v) is 4.99. The summed E-state index contributed by atoms with van der Waals surface area (Å²) in [6, 6.07) is 14.9. The fraction of sp³-hybridized carbons (Fsp3) is 0.261. The zero-order chi connectivity index (χ0) is 20.1. The Hall–Kier alpha value is -3.28. The van der Waals surface area contributed by atoms with Gasteiger partial charge in [-0.1, -0.05) is 31.4 Å². The number of hydrogen-bond donors (Lipinski definition) is 1. The standard InChI is InChI=1S/C23H22FN3O2/c24-18-6-4-5-17(15-18)22-25-14-13-21(27-22)29-20-11-9-16(10-12-20)23(28)26-19-7-2-1-3-8-19/h4-6,9-15,19H,1-3,7-8H2,(H,26,28). The molecule has 0 aliphatic heterocycles. The lowest BCUT2D eigenvalue weighted by Crippen LogP contribution is -2.36. The van der Waals surface area contributed by atoms with E-state index >= 15 is 0 Å². The van der Waals surface area contributed by atoms with E-state index in [9.17, 15) is 9.18 Å². The molecule has 1 fully saturated rings. The normalized spacial score (nSPS) is 14.4. The molecule has 29 heavy (non-hydrogen) atoms. The Labute approximate surface area is 169 Å². The number of carbonyl (C=O) groups excluding carboxylic acids is 1. The van der Waals surface area contributed by atoms with E-state index in [0.717, 1.165) is 12.8 Å². The van der Waals surface area contributed by atoms with Crippen molar-refractivity contribution in [2.75, 3.05) is 0 Å². The minimum Gasteiger partial charge on any atom is -0.439 e. The van der Waals surface area contributed by atoms with Crippen LogP contribution in [-0.4, -0.2) is 21.9 Å². The maximum atomic E-state index is 13.4. The van der Waals surface area contributed by atoms with E-state index in [0.29, 0.717) is 28.6 Å². The van der Waals surface area contributed by atoms with Gasteiger partial charge < -0.3 is 10.1 Å². The van der Waals surface area contributed by atoms with Crippen molar-refractivity contribution in [3.63, 3.8) is 0 Å². The highest BCUT2D eigenvalue weighted by molar-refractivity contribution is 5.94. The second-order valence-electron chi connectivity index (χ2n) is 7.16.